The molecule has 0 aliphatic carbocycles. The van der Waals surface area contributed by atoms with Gasteiger partial charge in [0.05, 0.1) is 0 Å². The van der Waals surface area contributed by atoms with Gasteiger partial charge in [0, 0.05) is 36.5 Å². The Kier molecular flexibility index (Phi) is 281. The molecule has 0 nitrogen and oxygen atoms in total. The van der Waals surface area contributed by atoms with Gasteiger partial charge in [-0.1, -0.05) is 0 Å². The summed E-state index contributed by atoms with van der Waals surface area (Å²) in [5.41, 5.74) is 0. The Hall–Kier alpha value is 2.71. The molecule has 1 radical (unpaired) electrons. The predicted molar refractivity (Wildman–Crippen MR) is 30.7 cm³/mol. The summed E-state index contributed by atoms with van der Waals surface area (Å²) in [4.78, 5) is 0. The number of rotatable bonds is 0. The third-order valence-electron chi connectivity index (χ3n) is 0. The van der Waals surface area contributed by atoms with E-state index in [9.17, 15) is 0 Å². The summed E-state index contributed by atoms with van der Waals surface area (Å²) in [6, 6.07) is 0. The Balaban J connectivity index is 0. The Morgan fingerprint density at radius 2 is 0.800 bits per heavy atom. The van der Waals surface area contributed by atoms with Gasteiger partial charge in [0.25, 0.3) is 0 Å². The Labute approximate surface area is 88.1 Å². The van der Waals surface area contributed by atoms with E-state index in [1.165, 1.54) is 0 Å². The average molecular weight is 315 g/mol. The van der Waals surface area contributed by atoms with Crippen LogP contribution >= 0.6 is 27.0 Å². The molecule has 0 bridgehead atoms. The second-order valence-electron chi connectivity index (χ2n) is 0. The molecule has 0 atom stereocenters. The predicted octanol–water partition coefficient (Wildman–Crippen LogP) is -0.963. The van der Waals surface area contributed by atoms with Gasteiger partial charge in [0.2, 0.25) is 0 Å². The Bertz CT molecular complexity index is 9.61. The maximum absolute atomic E-state index is 0. The van der Waals surface area contributed by atoms with Gasteiger partial charge in [0.15, 0.2) is 0 Å². The molecule has 0 amide bonds. The van der Waals surface area contributed by atoms with E-state index in [1.54, 1.807) is 0 Å². The van der Waals surface area contributed by atoms with Crippen LogP contribution in [0.15, 0.2) is 0 Å². The van der Waals surface area contributed by atoms with Gasteiger partial charge in [-0.15, -0.1) is 0 Å². The van der Waals surface area contributed by atoms with Crippen molar-refractivity contribution in [2.75, 3.05) is 0 Å². The second-order valence-corrected chi connectivity index (χ2v) is 0. The molecule has 0 fully saturated rings. The van der Waals surface area contributed by atoms with Crippen LogP contribution in [-0.4, -0.2) is 25.8 Å². The van der Waals surface area contributed by atoms with Crippen LogP contribution in [0.25, 0.3) is 0 Å². The van der Waals surface area contributed by atoms with Crippen LogP contribution in [0.2, 0.25) is 0 Å². The van der Waals surface area contributed by atoms with E-state index in [-0.39, 0.29) is 89.4 Å². The molecule has 35 valence electrons. The minimum absolute atomic E-state index is 0. The SMILES string of the molecule is S.S.[Cu].[InH3].[Zn]. The molecule has 0 aromatic heterocycles. The zero-order valence-electron chi connectivity index (χ0n) is 2.01. The minimum Gasteiger partial charge on any atom is 0 e. The fraction of sp³-hybridized carbons (Fsp3) is 0. The zero-order valence-corrected chi connectivity index (χ0v) is 7.92. The molecule has 0 aromatic carbocycles. The van der Waals surface area contributed by atoms with Gasteiger partial charge < -0.3 is 0 Å². The molecule has 0 saturated carbocycles. The number of hydrogen-bond acceptors (Lipinski definition) is 0. The number of hydrogen-bond donors (Lipinski definition) is 0. The van der Waals surface area contributed by atoms with Crippen molar-refractivity contribution in [3.05, 3.63) is 0 Å². The van der Waals surface area contributed by atoms with Gasteiger partial charge in [-0.25, -0.2) is 0 Å². The van der Waals surface area contributed by atoms with Crippen LogP contribution in [0.5, 0.6) is 0 Å². The molecule has 0 rings (SSSR count). The third-order valence-corrected chi connectivity index (χ3v) is 0. The summed E-state index contributed by atoms with van der Waals surface area (Å²) in [7, 11) is 0. The van der Waals surface area contributed by atoms with Gasteiger partial charge in [-0.2, -0.15) is 27.0 Å². The van der Waals surface area contributed by atoms with E-state index in [0.29, 0.717) is 0 Å². The van der Waals surface area contributed by atoms with Gasteiger partial charge in [0.1, 0.15) is 0 Å². The van der Waals surface area contributed by atoms with Crippen molar-refractivity contribution in [3.8, 4) is 0 Å². The van der Waals surface area contributed by atoms with Crippen molar-refractivity contribution in [2.45, 2.75) is 0 Å². The van der Waals surface area contributed by atoms with E-state index in [1.807, 2.05) is 0 Å². The smallest absolute Gasteiger partial charge is 0 e. The van der Waals surface area contributed by atoms with E-state index in [4.69, 9.17) is 0 Å². The Morgan fingerprint density at radius 3 is 0.800 bits per heavy atom. The molecule has 0 aliphatic rings. The van der Waals surface area contributed by atoms with E-state index >= 15 is 0 Å². The normalized spacial score (nSPS) is 0. The molecule has 0 saturated heterocycles. The van der Waals surface area contributed by atoms with Crippen LogP contribution in [0.3, 0.4) is 0 Å². The van der Waals surface area contributed by atoms with Crippen molar-refractivity contribution < 1.29 is 36.5 Å². The largest absolute Gasteiger partial charge is 0 e. The maximum Gasteiger partial charge on any atom is 0 e. The first kappa shape index (κ1) is 47.2. The molecule has 0 heterocycles. The Morgan fingerprint density at radius 1 is 0.800 bits per heavy atom. The molecule has 0 N–H and O–H groups in total. The van der Waals surface area contributed by atoms with E-state index < -0.39 is 0 Å². The topological polar surface area (TPSA) is 0 Å². The first-order chi connectivity index (χ1) is 0. The van der Waals surface area contributed by atoms with Crippen LogP contribution in [-0.2, 0) is 36.5 Å². The maximum atomic E-state index is 0. The van der Waals surface area contributed by atoms with E-state index in [2.05, 4.69) is 0 Å². The van der Waals surface area contributed by atoms with Crippen molar-refractivity contribution in [1.82, 2.24) is 0 Å². The van der Waals surface area contributed by atoms with E-state index in [0.717, 1.165) is 0 Å². The molecular weight excluding hydrogens is 308 g/mol. The summed E-state index contributed by atoms with van der Waals surface area (Å²) >= 11 is 0. The summed E-state index contributed by atoms with van der Waals surface area (Å²) in [6.07, 6.45) is 0. The molecule has 0 aromatic rings. The van der Waals surface area contributed by atoms with Crippen LogP contribution in [0.4, 0.5) is 0 Å². The van der Waals surface area contributed by atoms with Crippen molar-refractivity contribution in [1.29, 1.82) is 0 Å². The summed E-state index contributed by atoms with van der Waals surface area (Å²) in [5, 5.41) is 0. The van der Waals surface area contributed by atoms with Crippen LogP contribution < -0.4 is 0 Å². The van der Waals surface area contributed by atoms with Crippen molar-refractivity contribution >= 4 is 52.8 Å². The van der Waals surface area contributed by atoms with Crippen molar-refractivity contribution in [3.63, 3.8) is 0 Å². The summed E-state index contributed by atoms with van der Waals surface area (Å²) in [6.45, 7) is 0. The molecule has 5 heavy (non-hydrogen) atoms. The van der Waals surface area contributed by atoms with Gasteiger partial charge in [-0.05, 0) is 0 Å². The fourth-order valence-corrected chi connectivity index (χ4v) is 0. The standard InChI is InChI=1S/Cu.In.2H2S.Zn.3H/h;;2*1H2;;;;. The van der Waals surface area contributed by atoms with Crippen molar-refractivity contribution in [2.24, 2.45) is 0 Å². The molecule has 0 spiro atoms. The monoisotopic (exact) mass is 313 g/mol. The average Bonchev–Trinajstić information content (AvgIpc) is 0. The molecule has 5 heteroatoms. The second kappa shape index (κ2) is 29.8. The molecular formula is H7CuInS2Zn. The third kappa shape index (κ3) is 20.3. The van der Waals surface area contributed by atoms with Crippen LogP contribution in [0, 0.1) is 0 Å². The summed E-state index contributed by atoms with van der Waals surface area (Å²) < 4.78 is 0. The van der Waals surface area contributed by atoms with Gasteiger partial charge >= 0.3 is 25.8 Å². The molecule has 0 unspecified atom stereocenters. The zero-order chi connectivity index (χ0) is 0. The van der Waals surface area contributed by atoms with Gasteiger partial charge in [-0.3, -0.25) is 0 Å². The molecule has 0 aliphatic heterocycles. The fourth-order valence-electron chi connectivity index (χ4n) is 0. The summed E-state index contributed by atoms with van der Waals surface area (Å²) in [5.74, 6) is 0. The first-order valence-electron chi connectivity index (χ1n) is 0. The minimum atomic E-state index is 0. The van der Waals surface area contributed by atoms with Crippen LogP contribution in [0.1, 0.15) is 0 Å². The first-order valence-corrected chi connectivity index (χ1v) is 0. The quantitative estimate of drug-likeness (QED) is 0.505.